The van der Waals surface area contributed by atoms with Crippen molar-refractivity contribution in [2.45, 2.75) is 0 Å². The van der Waals surface area contributed by atoms with Crippen LogP contribution in [0.1, 0.15) is 15.2 Å². The van der Waals surface area contributed by atoms with Crippen LogP contribution in [0.5, 0.6) is 5.75 Å². The Labute approximate surface area is 202 Å². The summed E-state index contributed by atoms with van der Waals surface area (Å²) in [5.74, 6) is 0.0604. The summed E-state index contributed by atoms with van der Waals surface area (Å²) in [5, 5.41) is 5.66. The molecule has 4 aromatic rings. The summed E-state index contributed by atoms with van der Waals surface area (Å²) in [5.41, 5.74) is 3.14. The van der Waals surface area contributed by atoms with E-state index in [1.54, 1.807) is 37.6 Å². The molecule has 34 heavy (non-hydrogen) atoms. The van der Waals surface area contributed by atoms with E-state index in [1.165, 1.54) is 11.3 Å². The van der Waals surface area contributed by atoms with Crippen LogP contribution in [0.15, 0.2) is 71.8 Å². The zero-order chi connectivity index (χ0) is 23.7. The zero-order valence-corrected chi connectivity index (χ0v) is 19.5. The molecular formula is C25H17N3O4S2. The van der Waals surface area contributed by atoms with Gasteiger partial charge >= 0.3 is 0 Å². The van der Waals surface area contributed by atoms with Gasteiger partial charge in [-0.3, -0.25) is 24.7 Å². The number of fused-ring (bicyclic) bond motifs is 1. The predicted octanol–water partition coefficient (Wildman–Crippen LogP) is 5.55. The van der Waals surface area contributed by atoms with E-state index in [9.17, 15) is 14.4 Å². The molecule has 2 N–H and O–H groups in total. The Morgan fingerprint density at radius 1 is 1.09 bits per heavy atom. The fourth-order valence-electron chi connectivity index (χ4n) is 3.54. The van der Waals surface area contributed by atoms with E-state index in [4.69, 9.17) is 4.74 Å². The van der Waals surface area contributed by atoms with Gasteiger partial charge in [0.2, 0.25) is 0 Å². The maximum Gasteiger partial charge on any atom is 0.290 e. The lowest BCUT2D eigenvalue weighted by Crippen LogP contribution is -2.17. The number of aromatic nitrogens is 1. The molecule has 0 spiro atoms. The van der Waals surface area contributed by atoms with Crippen molar-refractivity contribution in [1.29, 1.82) is 0 Å². The van der Waals surface area contributed by atoms with Gasteiger partial charge < -0.3 is 10.1 Å². The Hall–Kier alpha value is -3.95. The number of amides is 3. The van der Waals surface area contributed by atoms with Crippen LogP contribution in [0.3, 0.4) is 0 Å². The second-order valence-electron chi connectivity index (χ2n) is 7.34. The van der Waals surface area contributed by atoms with Crippen molar-refractivity contribution in [3.8, 4) is 16.2 Å². The normalized spacial score (nSPS) is 14.4. The number of benzene rings is 2. The van der Waals surface area contributed by atoms with Gasteiger partial charge in [0.25, 0.3) is 17.1 Å². The number of hydrogen-bond donors (Lipinski definition) is 2. The first-order chi connectivity index (χ1) is 16.5. The number of carbonyl (C=O) groups is 3. The summed E-state index contributed by atoms with van der Waals surface area (Å²) in [6.07, 6.45) is 3.41. The Morgan fingerprint density at radius 3 is 2.76 bits per heavy atom. The van der Waals surface area contributed by atoms with Crippen molar-refractivity contribution in [2.75, 3.05) is 12.4 Å². The summed E-state index contributed by atoms with van der Waals surface area (Å²) in [6.45, 7) is 0. The van der Waals surface area contributed by atoms with Gasteiger partial charge in [0.1, 0.15) is 5.75 Å². The number of pyridine rings is 1. The highest BCUT2D eigenvalue weighted by Crippen LogP contribution is 2.35. The van der Waals surface area contributed by atoms with Crippen LogP contribution < -0.4 is 15.4 Å². The molecule has 168 valence electrons. The number of nitrogens with one attached hydrogen (secondary N) is 2. The first-order valence-electron chi connectivity index (χ1n) is 10.2. The minimum atomic E-state index is -0.397. The van der Waals surface area contributed by atoms with Crippen molar-refractivity contribution in [3.05, 3.63) is 82.2 Å². The van der Waals surface area contributed by atoms with Crippen molar-refractivity contribution in [3.63, 3.8) is 0 Å². The standard InChI is InChI=1S/C25H17N3O4S2/c1-32-16-4-2-3-15(13-16)27-23(29)21-8-7-20(33-21)17-9-10-26-19-6-5-14(11-18(17)19)12-22-24(30)28-25(31)34-22/h2-13H,1H3,(H,27,29)(H,28,30,31)/b22-12+. The van der Waals surface area contributed by atoms with E-state index >= 15 is 0 Å². The smallest absolute Gasteiger partial charge is 0.290 e. The van der Waals surface area contributed by atoms with Crippen LogP contribution in [0.4, 0.5) is 10.5 Å². The molecule has 5 rings (SSSR count). The van der Waals surface area contributed by atoms with Crippen molar-refractivity contribution in [1.82, 2.24) is 10.3 Å². The third-order valence-electron chi connectivity index (χ3n) is 5.13. The molecule has 7 nitrogen and oxygen atoms in total. The number of nitrogens with zero attached hydrogens (tertiary/aromatic N) is 1. The van der Waals surface area contributed by atoms with Gasteiger partial charge in [0.05, 0.1) is 22.4 Å². The number of hydrogen-bond acceptors (Lipinski definition) is 7. The quantitative estimate of drug-likeness (QED) is 0.358. The molecule has 1 fully saturated rings. The minimum absolute atomic E-state index is 0.206. The van der Waals surface area contributed by atoms with Gasteiger partial charge in [0.15, 0.2) is 0 Å². The summed E-state index contributed by atoms with van der Waals surface area (Å²) in [6, 6.07) is 18.4. The maximum atomic E-state index is 12.8. The molecule has 0 aliphatic carbocycles. The van der Waals surface area contributed by atoms with Gasteiger partial charge in [0, 0.05) is 33.8 Å². The SMILES string of the molecule is COc1cccc(NC(=O)c2ccc(-c3ccnc4ccc(/C=C5/SC(=O)NC5=O)cc34)s2)c1. The first-order valence-corrected chi connectivity index (χ1v) is 11.8. The van der Waals surface area contributed by atoms with Crippen LogP contribution >= 0.6 is 23.1 Å². The Morgan fingerprint density at radius 2 is 1.97 bits per heavy atom. The molecule has 0 unspecified atom stereocenters. The Bertz CT molecular complexity index is 1490. The molecule has 1 aliphatic heterocycles. The highest BCUT2D eigenvalue weighted by Gasteiger charge is 2.25. The molecule has 9 heteroatoms. The zero-order valence-electron chi connectivity index (χ0n) is 17.8. The molecule has 3 heterocycles. The monoisotopic (exact) mass is 487 g/mol. The second-order valence-corrected chi connectivity index (χ2v) is 9.44. The molecule has 0 radical (unpaired) electrons. The van der Waals surface area contributed by atoms with Crippen molar-refractivity contribution in [2.24, 2.45) is 0 Å². The van der Waals surface area contributed by atoms with Gasteiger partial charge in [-0.05, 0) is 65.9 Å². The highest BCUT2D eigenvalue weighted by molar-refractivity contribution is 8.18. The molecular weight excluding hydrogens is 470 g/mol. The van der Waals surface area contributed by atoms with Gasteiger partial charge in [-0.15, -0.1) is 11.3 Å². The number of carbonyl (C=O) groups excluding carboxylic acids is 3. The number of imide groups is 1. The van der Waals surface area contributed by atoms with Gasteiger partial charge in [-0.2, -0.15) is 0 Å². The molecule has 0 atom stereocenters. The van der Waals surface area contributed by atoms with E-state index in [1.807, 2.05) is 42.5 Å². The molecule has 2 aromatic carbocycles. The maximum absolute atomic E-state index is 12.8. The van der Waals surface area contributed by atoms with E-state index in [2.05, 4.69) is 15.6 Å². The highest BCUT2D eigenvalue weighted by atomic mass is 32.2. The lowest BCUT2D eigenvalue weighted by atomic mass is 10.0. The Kier molecular flexibility index (Phi) is 5.87. The van der Waals surface area contributed by atoms with E-state index in [-0.39, 0.29) is 11.1 Å². The van der Waals surface area contributed by atoms with Crippen molar-refractivity contribution < 1.29 is 19.1 Å². The molecule has 3 amide bonds. The third kappa shape index (κ3) is 4.43. The van der Waals surface area contributed by atoms with Crippen LogP contribution in [0.2, 0.25) is 0 Å². The largest absolute Gasteiger partial charge is 0.497 e. The number of ether oxygens (including phenoxy) is 1. The number of thiophene rings is 1. The van der Waals surface area contributed by atoms with E-state index in [0.29, 0.717) is 21.2 Å². The lowest BCUT2D eigenvalue weighted by molar-refractivity contribution is -0.115. The lowest BCUT2D eigenvalue weighted by Gasteiger charge is -2.06. The number of anilines is 1. The van der Waals surface area contributed by atoms with Crippen LogP contribution in [-0.2, 0) is 4.79 Å². The first kappa shape index (κ1) is 21.9. The predicted molar refractivity (Wildman–Crippen MR) is 135 cm³/mol. The van der Waals surface area contributed by atoms with Crippen LogP contribution in [0, 0.1) is 0 Å². The fraction of sp³-hybridized carbons (Fsp3) is 0.0400. The van der Waals surface area contributed by atoms with Crippen LogP contribution in [0.25, 0.3) is 27.4 Å². The number of thioether (sulfide) groups is 1. The fourth-order valence-corrected chi connectivity index (χ4v) is 5.16. The average Bonchev–Trinajstić information content (AvgIpc) is 3.45. The summed E-state index contributed by atoms with van der Waals surface area (Å²) >= 11 is 2.26. The van der Waals surface area contributed by atoms with E-state index in [0.717, 1.165) is 38.7 Å². The molecule has 1 saturated heterocycles. The summed E-state index contributed by atoms with van der Waals surface area (Å²) in [4.78, 5) is 42.4. The second kappa shape index (κ2) is 9.12. The van der Waals surface area contributed by atoms with Gasteiger partial charge in [-0.25, -0.2) is 0 Å². The Balaban J connectivity index is 1.45. The summed E-state index contributed by atoms with van der Waals surface area (Å²) < 4.78 is 5.21. The average molecular weight is 488 g/mol. The van der Waals surface area contributed by atoms with Crippen molar-refractivity contribution >= 4 is 62.8 Å². The summed E-state index contributed by atoms with van der Waals surface area (Å²) in [7, 11) is 1.58. The molecule has 0 bridgehead atoms. The number of rotatable bonds is 5. The minimum Gasteiger partial charge on any atom is -0.497 e. The molecule has 2 aromatic heterocycles. The van der Waals surface area contributed by atoms with E-state index < -0.39 is 5.91 Å². The van der Waals surface area contributed by atoms with Gasteiger partial charge in [-0.1, -0.05) is 12.1 Å². The molecule has 1 aliphatic rings. The third-order valence-corrected chi connectivity index (χ3v) is 7.06. The van der Waals surface area contributed by atoms with Crippen LogP contribution in [-0.4, -0.2) is 29.1 Å². The topological polar surface area (TPSA) is 97.4 Å². The molecule has 0 saturated carbocycles. The number of methoxy groups -OCH3 is 1.